The summed E-state index contributed by atoms with van der Waals surface area (Å²) in [6, 6.07) is 8.64. The molecule has 0 aliphatic heterocycles. The summed E-state index contributed by atoms with van der Waals surface area (Å²) in [6.45, 7) is 0. The van der Waals surface area contributed by atoms with Crippen LogP contribution in [-0.4, -0.2) is 4.98 Å². The molecule has 0 bridgehead atoms. The Morgan fingerprint density at radius 1 is 1.06 bits per heavy atom. The number of nitrogens with zero attached hydrogens (tertiary/aromatic N) is 1. The highest BCUT2D eigenvalue weighted by Crippen LogP contribution is 2.48. The standard InChI is InChI=1S/C15H16N2S/c16-14-13(17-15(18-14)10-7-8-10)12-4-2-1-3-11(12)9-5-6-9/h1-4,9-10H,5-8,16H2. The molecule has 92 valence electrons. The normalized spacial score (nSPS) is 19.1. The predicted octanol–water partition coefficient (Wildman–Crippen LogP) is 4.15. The third-order valence-corrected chi connectivity index (χ3v) is 4.88. The molecule has 2 N–H and O–H groups in total. The number of aromatic nitrogens is 1. The second-order valence-corrected chi connectivity index (χ2v) is 6.46. The van der Waals surface area contributed by atoms with E-state index in [0.717, 1.165) is 16.6 Å². The van der Waals surface area contributed by atoms with Crippen molar-refractivity contribution in [2.45, 2.75) is 37.5 Å². The van der Waals surface area contributed by atoms with E-state index >= 15 is 0 Å². The summed E-state index contributed by atoms with van der Waals surface area (Å²) in [5.74, 6) is 1.44. The van der Waals surface area contributed by atoms with Crippen molar-refractivity contribution in [1.82, 2.24) is 4.98 Å². The SMILES string of the molecule is Nc1sc(C2CC2)nc1-c1ccccc1C1CC1. The number of thiazole rings is 1. The molecule has 2 aromatic rings. The van der Waals surface area contributed by atoms with Gasteiger partial charge in [0.25, 0.3) is 0 Å². The van der Waals surface area contributed by atoms with Crippen molar-refractivity contribution in [3.63, 3.8) is 0 Å². The lowest BCUT2D eigenvalue weighted by molar-refractivity contribution is 1.08. The van der Waals surface area contributed by atoms with E-state index in [1.165, 1.54) is 41.8 Å². The number of hydrogen-bond acceptors (Lipinski definition) is 3. The molecule has 0 saturated heterocycles. The molecule has 3 heteroatoms. The number of rotatable bonds is 3. The Bertz CT molecular complexity index is 594. The lowest BCUT2D eigenvalue weighted by Crippen LogP contribution is -1.91. The monoisotopic (exact) mass is 256 g/mol. The molecule has 18 heavy (non-hydrogen) atoms. The van der Waals surface area contributed by atoms with Crippen LogP contribution in [0, 0.1) is 0 Å². The average molecular weight is 256 g/mol. The van der Waals surface area contributed by atoms with Gasteiger partial charge >= 0.3 is 0 Å². The Labute approximate surface area is 111 Å². The molecule has 2 fully saturated rings. The lowest BCUT2D eigenvalue weighted by atomic mass is 10.0. The number of anilines is 1. The van der Waals surface area contributed by atoms with E-state index in [1.54, 1.807) is 11.3 Å². The topological polar surface area (TPSA) is 38.9 Å². The maximum atomic E-state index is 6.18. The molecule has 0 unspecified atom stereocenters. The minimum Gasteiger partial charge on any atom is -0.389 e. The van der Waals surface area contributed by atoms with Gasteiger partial charge in [0.1, 0.15) is 10.7 Å². The Kier molecular flexibility index (Phi) is 2.24. The lowest BCUT2D eigenvalue weighted by Gasteiger charge is -2.06. The minimum absolute atomic E-state index is 0.694. The van der Waals surface area contributed by atoms with E-state index in [-0.39, 0.29) is 0 Å². The van der Waals surface area contributed by atoms with Crippen LogP contribution in [-0.2, 0) is 0 Å². The van der Waals surface area contributed by atoms with Gasteiger partial charge in [0.2, 0.25) is 0 Å². The van der Waals surface area contributed by atoms with Crippen molar-refractivity contribution in [1.29, 1.82) is 0 Å². The van der Waals surface area contributed by atoms with Crippen LogP contribution in [0.5, 0.6) is 0 Å². The number of nitrogens with two attached hydrogens (primary N) is 1. The largest absolute Gasteiger partial charge is 0.389 e. The maximum absolute atomic E-state index is 6.18. The third-order valence-electron chi connectivity index (χ3n) is 3.83. The van der Waals surface area contributed by atoms with Crippen molar-refractivity contribution in [3.8, 4) is 11.3 Å². The first-order valence-electron chi connectivity index (χ1n) is 6.68. The van der Waals surface area contributed by atoms with Crippen molar-refractivity contribution >= 4 is 16.3 Å². The van der Waals surface area contributed by atoms with Crippen LogP contribution < -0.4 is 5.73 Å². The molecule has 0 spiro atoms. The molecule has 0 radical (unpaired) electrons. The molecule has 2 aliphatic rings. The first-order chi connectivity index (χ1) is 8.83. The van der Waals surface area contributed by atoms with Gasteiger partial charge in [-0.25, -0.2) is 4.98 Å². The van der Waals surface area contributed by atoms with E-state index in [2.05, 4.69) is 24.3 Å². The Morgan fingerprint density at radius 3 is 2.50 bits per heavy atom. The van der Waals surface area contributed by atoms with Gasteiger partial charge < -0.3 is 5.73 Å². The third kappa shape index (κ3) is 1.74. The first kappa shape index (κ1) is 10.6. The predicted molar refractivity (Wildman–Crippen MR) is 75.9 cm³/mol. The van der Waals surface area contributed by atoms with Crippen LogP contribution in [0.25, 0.3) is 11.3 Å². The summed E-state index contributed by atoms with van der Waals surface area (Å²) in [5, 5.41) is 2.14. The van der Waals surface area contributed by atoms with Gasteiger partial charge in [-0.2, -0.15) is 0 Å². The van der Waals surface area contributed by atoms with Gasteiger partial charge in [0.05, 0.1) is 5.01 Å². The van der Waals surface area contributed by atoms with E-state index in [9.17, 15) is 0 Å². The van der Waals surface area contributed by atoms with Crippen molar-refractivity contribution in [3.05, 3.63) is 34.8 Å². The molecule has 1 heterocycles. The van der Waals surface area contributed by atoms with E-state index in [0.29, 0.717) is 5.92 Å². The second-order valence-electron chi connectivity index (χ2n) is 5.40. The maximum Gasteiger partial charge on any atom is 0.114 e. The van der Waals surface area contributed by atoms with Crippen molar-refractivity contribution < 1.29 is 0 Å². The Hall–Kier alpha value is -1.35. The first-order valence-corrected chi connectivity index (χ1v) is 7.50. The molecule has 1 aromatic heterocycles. The minimum atomic E-state index is 0.694. The molecule has 0 amide bonds. The van der Waals surface area contributed by atoms with Gasteiger partial charge in [0, 0.05) is 11.5 Å². The van der Waals surface area contributed by atoms with Crippen LogP contribution in [0.2, 0.25) is 0 Å². The van der Waals surface area contributed by atoms with Gasteiger partial charge in [0.15, 0.2) is 0 Å². The Morgan fingerprint density at radius 2 is 1.78 bits per heavy atom. The summed E-state index contributed by atoms with van der Waals surface area (Å²) >= 11 is 1.69. The van der Waals surface area contributed by atoms with Crippen molar-refractivity contribution in [2.75, 3.05) is 5.73 Å². The van der Waals surface area contributed by atoms with Crippen LogP contribution >= 0.6 is 11.3 Å². The van der Waals surface area contributed by atoms with Gasteiger partial charge in [-0.05, 0) is 37.2 Å². The molecule has 1 aromatic carbocycles. The molecular weight excluding hydrogens is 240 g/mol. The molecular formula is C15H16N2S. The highest BCUT2D eigenvalue weighted by atomic mass is 32.1. The summed E-state index contributed by atoms with van der Waals surface area (Å²) < 4.78 is 0. The average Bonchev–Trinajstić information content (AvgIpc) is 3.27. The quantitative estimate of drug-likeness (QED) is 0.896. The fraction of sp³-hybridized carbons (Fsp3) is 0.400. The molecule has 2 aliphatic carbocycles. The second kappa shape index (κ2) is 3.82. The van der Waals surface area contributed by atoms with Crippen molar-refractivity contribution in [2.24, 2.45) is 0 Å². The van der Waals surface area contributed by atoms with E-state index in [1.807, 2.05) is 0 Å². The highest BCUT2D eigenvalue weighted by molar-refractivity contribution is 7.16. The summed E-state index contributed by atoms with van der Waals surface area (Å²) in [7, 11) is 0. The summed E-state index contributed by atoms with van der Waals surface area (Å²) in [4.78, 5) is 4.81. The fourth-order valence-electron chi connectivity index (χ4n) is 2.51. The van der Waals surface area contributed by atoms with Gasteiger partial charge in [-0.15, -0.1) is 11.3 Å². The van der Waals surface area contributed by atoms with E-state index in [4.69, 9.17) is 10.7 Å². The highest BCUT2D eigenvalue weighted by Gasteiger charge is 2.30. The summed E-state index contributed by atoms with van der Waals surface area (Å²) in [6.07, 6.45) is 5.21. The van der Waals surface area contributed by atoms with Gasteiger partial charge in [-0.3, -0.25) is 0 Å². The molecule has 2 nitrogen and oxygen atoms in total. The molecule has 0 atom stereocenters. The summed E-state index contributed by atoms with van der Waals surface area (Å²) in [5.41, 5.74) is 9.92. The molecule has 2 saturated carbocycles. The zero-order chi connectivity index (χ0) is 12.1. The van der Waals surface area contributed by atoms with Crippen LogP contribution in [0.3, 0.4) is 0 Å². The molecule has 4 rings (SSSR count). The van der Waals surface area contributed by atoms with Gasteiger partial charge in [-0.1, -0.05) is 24.3 Å². The fourth-order valence-corrected chi connectivity index (χ4v) is 3.53. The van der Waals surface area contributed by atoms with Crippen LogP contribution in [0.1, 0.15) is 48.1 Å². The number of nitrogen functional groups attached to an aromatic ring is 1. The van der Waals surface area contributed by atoms with Crippen LogP contribution in [0.4, 0.5) is 5.00 Å². The zero-order valence-electron chi connectivity index (χ0n) is 10.2. The van der Waals surface area contributed by atoms with Crippen LogP contribution in [0.15, 0.2) is 24.3 Å². The number of benzene rings is 1. The number of hydrogen-bond donors (Lipinski definition) is 1. The zero-order valence-corrected chi connectivity index (χ0v) is 11.0. The smallest absolute Gasteiger partial charge is 0.114 e. The Balaban J connectivity index is 1.81. The van der Waals surface area contributed by atoms with E-state index < -0.39 is 0 Å².